The van der Waals surface area contributed by atoms with E-state index in [0.29, 0.717) is 6.61 Å². The lowest BCUT2D eigenvalue weighted by Gasteiger charge is -2.23. The van der Waals surface area contributed by atoms with E-state index in [1.807, 2.05) is 6.08 Å². The summed E-state index contributed by atoms with van der Waals surface area (Å²) in [5.41, 5.74) is 1.24. The van der Waals surface area contributed by atoms with E-state index in [1.54, 1.807) is 0 Å². The highest BCUT2D eigenvalue weighted by Gasteiger charge is 2.19. The van der Waals surface area contributed by atoms with Crippen LogP contribution in [0.1, 0.15) is 19.3 Å². The normalized spacial score (nSPS) is 22.6. The van der Waals surface area contributed by atoms with Crippen molar-refractivity contribution in [1.82, 2.24) is 0 Å². The largest absolute Gasteiger partial charge is 0.360 e. The second-order valence-electron chi connectivity index (χ2n) is 2.97. The Kier molecular flexibility index (Phi) is 4.27. The first kappa shape index (κ1) is 10.6. The molecule has 0 spiro atoms. The first-order valence-electron chi connectivity index (χ1n) is 4.35. The van der Waals surface area contributed by atoms with Crippen molar-refractivity contribution in [3.8, 4) is 12.3 Å². The molecule has 0 bridgehead atoms. The van der Waals surface area contributed by atoms with Crippen LogP contribution in [0, 0.1) is 12.3 Å². The molecule has 0 aliphatic heterocycles. The zero-order valence-electron chi connectivity index (χ0n) is 7.55. The van der Waals surface area contributed by atoms with Gasteiger partial charge in [0.05, 0.1) is 6.10 Å². The SMILES string of the molecule is C#CCOC1CCCC(C=C)=C1Br. The fraction of sp³-hybridized carbons (Fsp3) is 0.455. The van der Waals surface area contributed by atoms with Crippen molar-refractivity contribution in [2.45, 2.75) is 25.4 Å². The van der Waals surface area contributed by atoms with Crippen molar-refractivity contribution in [2.24, 2.45) is 0 Å². The van der Waals surface area contributed by atoms with Gasteiger partial charge in [-0.05, 0) is 24.8 Å². The van der Waals surface area contributed by atoms with E-state index < -0.39 is 0 Å². The molecule has 0 saturated carbocycles. The number of ether oxygens (including phenoxy) is 1. The van der Waals surface area contributed by atoms with Gasteiger partial charge in [0.25, 0.3) is 0 Å². The molecule has 0 fully saturated rings. The van der Waals surface area contributed by atoms with Crippen LogP contribution in [0.4, 0.5) is 0 Å². The Morgan fingerprint density at radius 3 is 3.15 bits per heavy atom. The predicted octanol–water partition coefficient (Wildman–Crippen LogP) is 3.02. The molecule has 0 amide bonds. The molecule has 1 nitrogen and oxygen atoms in total. The molecular weight excluding hydrogens is 228 g/mol. The van der Waals surface area contributed by atoms with Gasteiger partial charge in [0.15, 0.2) is 0 Å². The van der Waals surface area contributed by atoms with Crippen LogP contribution in [0.25, 0.3) is 0 Å². The second-order valence-corrected chi connectivity index (χ2v) is 3.83. The molecule has 1 aliphatic rings. The van der Waals surface area contributed by atoms with Crippen molar-refractivity contribution >= 4 is 15.9 Å². The molecule has 0 aromatic rings. The highest BCUT2D eigenvalue weighted by atomic mass is 79.9. The maximum Gasteiger partial charge on any atom is 0.108 e. The summed E-state index contributed by atoms with van der Waals surface area (Å²) in [6.45, 7) is 4.14. The third-order valence-corrected chi connectivity index (χ3v) is 3.14. The zero-order valence-corrected chi connectivity index (χ0v) is 9.14. The van der Waals surface area contributed by atoms with E-state index in [-0.39, 0.29) is 6.10 Å². The summed E-state index contributed by atoms with van der Waals surface area (Å²) in [5.74, 6) is 2.48. The number of hydrogen-bond acceptors (Lipinski definition) is 1. The fourth-order valence-electron chi connectivity index (χ4n) is 1.44. The van der Waals surface area contributed by atoms with Crippen molar-refractivity contribution in [2.75, 3.05) is 6.61 Å². The molecule has 2 heteroatoms. The first-order chi connectivity index (χ1) is 6.29. The molecule has 1 unspecified atom stereocenters. The van der Waals surface area contributed by atoms with Crippen LogP contribution in [0.5, 0.6) is 0 Å². The van der Waals surface area contributed by atoms with Gasteiger partial charge in [-0.25, -0.2) is 0 Å². The van der Waals surface area contributed by atoms with Gasteiger partial charge < -0.3 is 4.74 Å². The Balaban J connectivity index is 2.65. The monoisotopic (exact) mass is 240 g/mol. The van der Waals surface area contributed by atoms with Gasteiger partial charge in [-0.1, -0.05) is 34.5 Å². The number of allylic oxidation sites excluding steroid dienone is 2. The summed E-state index contributed by atoms with van der Waals surface area (Å²) >= 11 is 3.53. The Labute approximate surface area is 88.0 Å². The quantitative estimate of drug-likeness (QED) is 0.690. The molecule has 0 N–H and O–H groups in total. The van der Waals surface area contributed by atoms with Gasteiger partial charge in [-0.15, -0.1) is 6.42 Å². The molecule has 0 aromatic heterocycles. The molecule has 0 aromatic carbocycles. The summed E-state index contributed by atoms with van der Waals surface area (Å²) in [4.78, 5) is 0. The summed E-state index contributed by atoms with van der Waals surface area (Å²) in [5, 5.41) is 0. The molecule has 0 heterocycles. The Morgan fingerprint density at radius 2 is 2.54 bits per heavy atom. The van der Waals surface area contributed by atoms with Crippen molar-refractivity contribution in [1.29, 1.82) is 0 Å². The Morgan fingerprint density at radius 1 is 1.77 bits per heavy atom. The highest BCUT2D eigenvalue weighted by molar-refractivity contribution is 9.11. The zero-order chi connectivity index (χ0) is 9.68. The van der Waals surface area contributed by atoms with E-state index in [9.17, 15) is 0 Å². The number of hydrogen-bond donors (Lipinski definition) is 0. The van der Waals surface area contributed by atoms with E-state index in [2.05, 4.69) is 28.4 Å². The van der Waals surface area contributed by atoms with E-state index >= 15 is 0 Å². The number of terminal acetylenes is 1. The van der Waals surface area contributed by atoms with E-state index in [4.69, 9.17) is 11.2 Å². The Bertz CT molecular complexity index is 260. The summed E-state index contributed by atoms with van der Waals surface area (Å²) in [6.07, 6.45) is 10.4. The summed E-state index contributed by atoms with van der Waals surface area (Å²) < 4.78 is 6.60. The molecule has 1 aliphatic carbocycles. The van der Waals surface area contributed by atoms with Crippen molar-refractivity contribution in [3.63, 3.8) is 0 Å². The van der Waals surface area contributed by atoms with E-state index in [1.165, 1.54) is 5.57 Å². The van der Waals surface area contributed by atoms with Crippen molar-refractivity contribution < 1.29 is 4.74 Å². The molecule has 1 rings (SSSR count). The fourth-order valence-corrected chi connectivity index (χ4v) is 2.16. The van der Waals surface area contributed by atoms with Crippen LogP contribution >= 0.6 is 15.9 Å². The van der Waals surface area contributed by atoms with Crippen LogP contribution in [0.2, 0.25) is 0 Å². The topological polar surface area (TPSA) is 9.23 Å². The van der Waals surface area contributed by atoms with Gasteiger partial charge in [0.2, 0.25) is 0 Å². The first-order valence-corrected chi connectivity index (χ1v) is 5.15. The highest BCUT2D eigenvalue weighted by Crippen LogP contribution is 2.31. The minimum atomic E-state index is 0.137. The molecule has 0 saturated heterocycles. The molecule has 13 heavy (non-hydrogen) atoms. The van der Waals surface area contributed by atoms with Gasteiger partial charge in [-0.3, -0.25) is 0 Å². The van der Waals surface area contributed by atoms with Crippen LogP contribution in [-0.2, 0) is 4.74 Å². The van der Waals surface area contributed by atoms with Crippen LogP contribution in [0.3, 0.4) is 0 Å². The number of rotatable bonds is 3. The van der Waals surface area contributed by atoms with Gasteiger partial charge >= 0.3 is 0 Å². The predicted molar refractivity (Wildman–Crippen MR) is 58.6 cm³/mol. The minimum Gasteiger partial charge on any atom is -0.360 e. The lowest BCUT2D eigenvalue weighted by atomic mass is 9.97. The van der Waals surface area contributed by atoms with Crippen LogP contribution < -0.4 is 0 Å². The van der Waals surface area contributed by atoms with Crippen LogP contribution in [0.15, 0.2) is 22.7 Å². The van der Waals surface area contributed by atoms with Crippen LogP contribution in [-0.4, -0.2) is 12.7 Å². The minimum absolute atomic E-state index is 0.137. The van der Waals surface area contributed by atoms with Gasteiger partial charge in [0.1, 0.15) is 6.61 Å². The lowest BCUT2D eigenvalue weighted by molar-refractivity contribution is 0.0988. The molecular formula is C11H13BrO. The Hall–Kier alpha value is -0.520. The summed E-state index contributed by atoms with van der Waals surface area (Å²) in [6, 6.07) is 0. The average molecular weight is 241 g/mol. The average Bonchev–Trinajstić information content (AvgIpc) is 2.16. The van der Waals surface area contributed by atoms with E-state index in [0.717, 1.165) is 23.7 Å². The summed E-state index contributed by atoms with van der Waals surface area (Å²) in [7, 11) is 0. The maximum atomic E-state index is 5.49. The third-order valence-electron chi connectivity index (χ3n) is 2.12. The van der Waals surface area contributed by atoms with Gasteiger partial charge in [0, 0.05) is 4.48 Å². The number of halogens is 1. The molecule has 1 atom stereocenters. The lowest BCUT2D eigenvalue weighted by Crippen LogP contribution is -2.18. The van der Waals surface area contributed by atoms with Crippen molar-refractivity contribution in [3.05, 3.63) is 22.7 Å². The molecule has 0 radical (unpaired) electrons. The standard InChI is InChI=1S/C11H13BrO/c1-3-8-13-10-7-5-6-9(4-2)11(10)12/h1,4,10H,2,5-8H2. The van der Waals surface area contributed by atoms with Gasteiger partial charge in [-0.2, -0.15) is 0 Å². The smallest absolute Gasteiger partial charge is 0.108 e. The second kappa shape index (κ2) is 5.26. The molecule has 70 valence electrons. The third kappa shape index (κ3) is 2.72. The maximum absolute atomic E-state index is 5.49.